The molecule has 0 spiro atoms. The van der Waals surface area contributed by atoms with E-state index in [9.17, 15) is 13.2 Å². The van der Waals surface area contributed by atoms with Gasteiger partial charge in [-0.2, -0.15) is 13.2 Å². The number of nitrogen functional groups attached to an aromatic ring is 1. The molecule has 2 rings (SSSR count). The Morgan fingerprint density at radius 1 is 0.917 bits per heavy atom. The summed E-state index contributed by atoms with van der Waals surface area (Å²) in [5, 5.41) is 0. The first-order chi connectivity index (χ1) is 11.3. The van der Waals surface area contributed by atoms with Gasteiger partial charge in [-0.25, -0.2) is 0 Å². The number of hydrogen-bond donors (Lipinski definition) is 1. The molecule has 6 heteroatoms. The van der Waals surface area contributed by atoms with Crippen LogP contribution >= 0.6 is 0 Å². The SMILES string of the molecule is Cc1cc(N)cc(C)c1OCCCOc1ccc(C(F)(F)F)cc1. The maximum Gasteiger partial charge on any atom is 0.416 e. The van der Waals surface area contributed by atoms with Crippen molar-refractivity contribution in [2.45, 2.75) is 26.4 Å². The van der Waals surface area contributed by atoms with Crippen molar-refractivity contribution < 1.29 is 22.6 Å². The van der Waals surface area contributed by atoms with Crippen LogP contribution in [-0.4, -0.2) is 13.2 Å². The molecule has 0 atom stereocenters. The number of aryl methyl sites for hydroxylation is 2. The van der Waals surface area contributed by atoms with Gasteiger partial charge in [0, 0.05) is 12.1 Å². The number of halogens is 3. The Morgan fingerprint density at radius 3 is 2.00 bits per heavy atom. The van der Waals surface area contributed by atoms with Gasteiger partial charge in [-0.1, -0.05) is 0 Å². The Hall–Kier alpha value is -2.37. The van der Waals surface area contributed by atoms with Crippen LogP contribution in [0.5, 0.6) is 11.5 Å². The predicted molar refractivity (Wildman–Crippen MR) is 87.4 cm³/mol. The Balaban J connectivity index is 1.78. The molecule has 2 aromatic rings. The van der Waals surface area contributed by atoms with Crippen LogP contribution in [0.2, 0.25) is 0 Å². The number of anilines is 1. The Kier molecular flexibility index (Phi) is 5.59. The monoisotopic (exact) mass is 339 g/mol. The lowest BCUT2D eigenvalue weighted by molar-refractivity contribution is -0.137. The summed E-state index contributed by atoms with van der Waals surface area (Å²) in [4.78, 5) is 0. The molecule has 0 amide bonds. The Morgan fingerprint density at radius 2 is 1.46 bits per heavy atom. The lowest BCUT2D eigenvalue weighted by Gasteiger charge is -2.13. The van der Waals surface area contributed by atoms with E-state index in [1.165, 1.54) is 12.1 Å². The molecule has 0 fully saturated rings. The number of rotatable bonds is 6. The molecular weight excluding hydrogens is 319 g/mol. The van der Waals surface area contributed by atoms with Crippen LogP contribution in [0.4, 0.5) is 18.9 Å². The van der Waals surface area contributed by atoms with Crippen molar-refractivity contribution in [3.8, 4) is 11.5 Å². The van der Waals surface area contributed by atoms with Crippen molar-refractivity contribution in [2.75, 3.05) is 18.9 Å². The normalized spacial score (nSPS) is 11.4. The van der Waals surface area contributed by atoms with Crippen LogP contribution in [0.15, 0.2) is 36.4 Å². The van der Waals surface area contributed by atoms with Gasteiger partial charge in [-0.3, -0.25) is 0 Å². The molecule has 3 nitrogen and oxygen atoms in total. The Labute approximate surface area is 139 Å². The van der Waals surface area contributed by atoms with E-state index < -0.39 is 11.7 Å². The van der Waals surface area contributed by atoms with E-state index in [0.29, 0.717) is 31.1 Å². The van der Waals surface area contributed by atoms with Gasteiger partial charge in [0.2, 0.25) is 0 Å². The van der Waals surface area contributed by atoms with Crippen LogP contribution in [0, 0.1) is 13.8 Å². The standard InChI is InChI=1S/C18H20F3NO2/c1-12-10-15(22)11-13(2)17(12)24-9-3-8-23-16-6-4-14(5-7-16)18(19,20)21/h4-7,10-11H,3,8-9,22H2,1-2H3. The summed E-state index contributed by atoms with van der Waals surface area (Å²) in [6.45, 7) is 4.67. The molecule has 0 aliphatic heterocycles. The van der Waals surface area contributed by atoms with Gasteiger partial charge in [0.25, 0.3) is 0 Å². The third kappa shape index (κ3) is 4.81. The minimum absolute atomic E-state index is 0.360. The molecule has 0 radical (unpaired) electrons. The fourth-order valence-electron chi connectivity index (χ4n) is 2.37. The van der Waals surface area contributed by atoms with Crippen molar-refractivity contribution in [3.63, 3.8) is 0 Å². The predicted octanol–water partition coefficient (Wildman–Crippen LogP) is 4.75. The summed E-state index contributed by atoms with van der Waals surface area (Å²) >= 11 is 0. The molecule has 2 aromatic carbocycles. The average Bonchev–Trinajstić information content (AvgIpc) is 2.48. The van der Waals surface area contributed by atoms with Crippen molar-refractivity contribution in [1.29, 1.82) is 0 Å². The first-order valence-electron chi connectivity index (χ1n) is 7.57. The molecule has 0 aliphatic rings. The molecule has 0 aliphatic carbocycles. The van der Waals surface area contributed by atoms with E-state index in [-0.39, 0.29) is 0 Å². The van der Waals surface area contributed by atoms with Crippen molar-refractivity contribution in [3.05, 3.63) is 53.1 Å². The number of ether oxygens (including phenoxy) is 2. The van der Waals surface area contributed by atoms with E-state index in [2.05, 4.69) is 0 Å². The zero-order valence-corrected chi connectivity index (χ0v) is 13.6. The van der Waals surface area contributed by atoms with Crippen LogP contribution in [0.1, 0.15) is 23.1 Å². The number of benzene rings is 2. The molecule has 0 saturated heterocycles. The minimum Gasteiger partial charge on any atom is -0.493 e. The highest BCUT2D eigenvalue weighted by atomic mass is 19.4. The largest absolute Gasteiger partial charge is 0.493 e. The fraction of sp³-hybridized carbons (Fsp3) is 0.333. The van der Waals surface area contributed by atoms with Crippen LogP contribution in [0.25, 0.3) is 0 Å². The molecule has 0 unspecified atom stereocenters. The molecule has 0 heterocycles. The number of alkyl halides is 3. The van der Waals surface area contributed by atoms with Crippen molar-refractivity contribution in [1.82, 2.24) is 0 Å². The van der Waals surface area contributed by atoms with Crippen LogP contribution < -0.4 is 15.2 Å². The minimum atomic E-state index is -4.33. The molecular formula is C18H20F3NO2. The smallest absolute Gasteiger partial charge is 0.416 e. The zero-order chi connectivity index (χ0) is 17.7. The molecule has 0 saturated carbocycles. The molecule has 0 aromatic heterocycles. The van der Waals surface area contributed by atoms with E-state index >= 15 is 0 Å². The summed E-state index contributed by atoms with van der Waals surface area (Å²) in [5.41, 5.74) is 7.71. The van der Waals surface area contributed by atoms with Crippen molar-refractivity contribution >= 4 is 5.69 Å². The Bertz CT molecular complexity index is 659. The first kappa shape index (κ1) is 18.0. The molecule has 0 bridgehead atoms. The number of nitrogens with two attached hydrogens (primary N) is 1. The first-order valence-corrected chi connectivity index (χ1v) is 7.57. The van der Waals surface area contributed by atoms with E-state index in [0.717, 1.165) is 29.0 Å². The summed E-state index contributed by atoms with van der Waals surface area (Å²) < 4.78 is 48.5. The third-order valence-electron chi connectivity index (χ3n) is 3.47. The zero-order valence-electron chi connectivity index (χ0n) is 13.6. The van der Waals surface area contributed by atoms with E-state index in [4.69, 9.17) is 15.2 Å². The quantitative estimate of drug-likeness (QED) is 0.610. The fourth-order valence-corrected chi connectivity index (χ4v) is 2.37. The number of hydrogen-bond acceptors (Lipinski definition) is 3. The van der Waals surface area contributed by atoms with Gasteiger partial charge in [0.15, 0.2) is 0 Å². The lowest BCUT2D eigenvalue weighted by Crippen LogP contribution is -2.07. The second-order valence-electron chi connectivity index (χ2n) is 5.56. The average molecular weight is 339 g/mol. The summed E-state index contributed by atoms with van der Waals surface area (Å²) in [6.07, 6.45) is -3.72. The highest BCUT2D eigenvalue weighted by Gasteiger charge is 2.29. The van der Waals surface area contributed by atoms with Gasteiger partial charge in [-0.15, -0.1) is 0 Å². The van der Waals surface area contributed by atoms with Gasteiger partial charge in [0.05, 0.1) is 18.8 Å². The van der Waals surface area contributed by atoms with Gasteiger partial charge in [0.1, 0.15) is 11.5 Å². The summed E-state index contributed by atoms with van der Waals surface area (Å²) in [7, 11) is 0. The highest BCUT2D eigenvalue weighted by molar-refractivity contribution is 5.52. The van der Waals surface area contributed by atoms with Gasteiger partial charge < -0.3 is 15.2 Å². The van der Waals surface area contributed by atoms with E-state index in [1.807, 2.05) is 26.0 Å². The van der Waals surface area contributed by atoms with Crippen LogP contribution in [-0.2, 0) is 6.18 Å². The lowest BCUT2D eigenvalue weighted by atomic mass is 10.1. The maximum absolute atomic E-state index is 12.5. The third-order valence-corrected chi connectivity index (χ3v) is 3.47. The van der Waals surface area contributed by atoms with Crippen LogP contribution in [0.3, 0.4) is 0 Å². The maximum atomic E-state index is 12.5. The van der Waals surface area contributed by atoms with Gasteiger partial charge >= 0.3 is 6.18 Å². The second-order valence-corrected chi connectivity index (χ2v) is 5.56. The van der Waals surface area contributed by atoms with Gasteiger partial charge in [-0.05, 0) is 61.4 Å². The summed E-state index contributed by atoms with van der Waals surface area (Å²) in [5.74, 6) is 1.21. The van der Waals surface area contributed by atoms with E-state index in [1.54, 1.807) is 0 Å². The topological polar surface area (TPSA) is 44.5 Å². The highest BCUT2D eigenvalue weighted by Crippen LogP contribution is 2.30. The molecule has 2 N–H and O–H groups in total. The summed E-state index contributed by atoms with van der Waals surface area (Å²) in [6, 6.07) is 8.35. The molecule has 130 valence electrons. The van der Waals surface area contributed by atoms with Crippen molar-refractivity contribution in [2.24, 2.45) is 0 Å². The molecule has 24 heavy (non-hydrogen) atoms. The second kappa shape index (κ2) is 7.47.